The Balaban J connectivity index is 1.46. The third-order valence-electron chi connectivity index (χ3n) is 6.35. The summed E-state index contributed by atoms with van der Waals surface area (Å²) in [4.78, 5) is 41.3. The summed E-state index contributed by atoms with van der Waals surface area (Å²) in [6.45, 7) is 0.759. The SMILES string of the molecule is COC1CC(C(=O)Nc2ccc(N3CCCCCC3=O)cc2F)N(C(=O)Nc2ccc(Cl)cc2)C1. The number of likely N-dealkylation sites (tertiary alicyclic amines) is 1. The monoisotopic (exact) mass is 502 g/mol. The van der Waals surface area contributed by atoms with Gasteiger partial charge in [-0.2, -0.15) is 0 Å². The first kappa shape index (κ1) is 24.9. The lowest BCUT2D eigenvalue weighted by Crippen LogP contribution is -2.45. The second kappa shape index (κ2) is 11.0. The number of hydrogen-bond acceptors (Lipinski definition) is 4. The van der Waals surface area contributed by atoms with Gasteiger partial charge in [-0.05, 0) is 55.3 Å². The van der Waals surface area contributed by atoms with Crippen LogP contribution in [0.4, 0.5) is 26.2 Å². The van der Waals surface area contributed by atoms with Crippen molar-refractivity contribution in [3.8, 4) is 0 Å². The molecular formula is C25H28ClFN4O4. The van der Waals surface area contributed by atoms with E-state index < -0.39 is 23.8 Å². The van der Waals surface area contributed by atoms with Crippen molar-refractivity contribution >= 4 is 46.5 Å². The summed E-state index contributed by atoms with van der Waals surface area (Å²) >= 11 is 5.89. The van der Waals surface area contributed by atoms with Gasteiger partial charge in [-0.25, -0.2) is 9.18 Å². The molecule has 2 aliphatic heterocycles. The summed E-state index contributed by atoms with van der Waals surface area (Å²) in [5, 5.41) is 5.88. The van der Waals surface area contributed by atoms with E-state index in [1.54, 1.807) is 35.2 Å². The van der Waals surface area contributed by atoms with Gasteiger partial charge in [0.25, 0.3) is 0 Å². The summed E-state index contributed by atoms with van der Waals surface area (Å²) in [6.07, 6.45) is 3.04. The fraction of sp³-hybridized carbons (Fsp3) is 0.400. The summed E-state index contributed by atoms with van der Waals surface area (Å²) in [5.41, 5.74) is 0.987. The maximum Gasteiger partial charge on any atom is 0.322 e. The third kappa shape index (κ3) is 5.91. The molecule has 2 aliphatic rings. The van der Waals surface area contributed by atoms with Gasteiger partial charge in [0.1, 0.15) is 11.9 Å². The molecule has 4 rings (SSSR count). The molecule has 2 unspecified atom stereocenters. The Morgan fingerprint density at radius 2 is 1.86 bits per heavy atom. The lowest BCUT2D eigenvalue weighted by Gasteiger charge is -2.24. The zero-order chi connectivity index (χ0) is 24.9. The maximum absolute atomic E-state index is 14.9. The van der Waals surface area contributed by atoms with Crippen LogP contribution in [0.3, 0.4) is 0 Å². The summed E-state index contributed by atoms with van der Waals surface area (Å²) in [5.74, 6) is -1.20. The van der Waals surface area contributed by atoms with Crippen molar-refractivity contribution in [2.45, 2.75) is 44.2 Å². The summed E-state index contributed by atoms with van der Waals surface area (Å²) in [7, 11) is 1.52. The van der Waals surface area contributed by atoms with E-state index in [0.29, 0.717) is 29.4 Å². The molecular weight excluding hydrogens is 475 g/mol. The van der Waals surface area contributed by atoms with Crippen LogP contribution in [0.1, 0.15) is 32.1 Å². The van der Waals surface area contributed by atoms with E-state index in [-0.39, 0.29) is 30.7 Å². The number of rotatable bonds is 5. The second-order valence-electron chi connectivity index (χ2n) is 8.71. The minimum absolute atomic E-state index is 0.0139. The predicted octanol–water partition coefficient (Wildman–Crippen LogP) is 4.65. The van der Waals surface area contributed by atoms with E-state index >= 15 is 0 Å². The smallest absolute Gasteiger partial charge is 0.322 e. The maximum atomic E-state index is 14.9. The number of halogens is 2. The molecule has 0 saturated carbocycles. The third-order valence-corrected chi connectivity index (χ3v) is 6.60. The largest absolute Gasteiger partial charge is 0.380 e. The molecule has 0 spiro atoms. The van der Waals surface area contributed by atoms with Gasteiger partial charge >= 0.3 is 6.03 Å². The standard InChI is InChI=1S/C25H28ClFN4O4/c1-35-19-14-22(31(15-19)25(34)28-17-8-6-16(26)7-9-17)24(33)29-21-11-10-18(13-20(21)27)30-12-4-2-3-5-23(30)32/h6-11,13,19,22H,2-5,12,14-15H2,1H3,(H,28,34)(H,29,33). The Morgan fingerprint density at radius 1 is 1.09 bits per heavy atom. The number of amides is 4. The molecule has 2 aromatic carbocycles. The first-order valence-electron chi connectivity index (χ1n) is 11.6. The van der Waals surface area contributed by atoms with Crippen LogP contribution in [0.25, 0.3) is 0 Å². The highest BCUT2D eigenvalue weighted by atomic mass is 35.5. The molecule has 8 nitrogen and oxygen atoms in total. The zero-order valence-corrected chi connectivity index (χ0v) is 20.2. The molecule has 0 bridgehead atoms. The Morgan fingerprint density at radius 3 is 2.57 bits per heavy atom. The minimum atomic E-state index is -0.849. The molecule has 0 aliphatic carbocycles. The van der Waals surface area contributed by atoms with Crippen LogP contribution in [-0.2, 0) is 14.3 Å². The van der Waals surface area contributed by atoms with E-state index in [2.05, 4.69) is 10.6 Å². The number of ether oxygens (including phenoxy) is 1. The predicted molar refractivity (Wildman–Crippen MR) is 132 cm³/mol. The van der Waals surface area contributed by atoms with Gasteiger partial charge in [-0.1, -0.05) is 18.0 Å². The molecule has 186 valence electrons. The average Bonchev–Trinajstić information content (AvgIpc) is 3.18. The van der Waals surface area contributed by atoms with Crippen molar-refractivity contribution in [2.75, 3.05) is 35.7 Å². The molecule has 4 amide bonds. The highest BCUT2D eigenvalue weighted by Gasteiger charge is 2.40. The van der Waals surface area contributed by atoms with Crippen LogP contribution in [-0.4, -0.2) is 55.1 Å². The van der Waals surface area contributed by atoms with Crippen molar-refractivity contribution < 1.29 is 23.5 Å². The number of carbonyl (C=O) groups excluding carboxylic acids is 3. The molecule has 2 atom stereocenters. The van der Waals surface area contributed by atoms with Crippen molar-refractivity contribution in [2.24, 2.45) is 0 Å². The topological polar surface area (TPSA) is 91.0 Å². The normalized spacial score (nSPS) is 20.5. The highest BCUT2D eigenvalue weighted by molar-refractivity contribution is 6.30. The number of methoxy groups -OCH3 is 1. The van der Waals surface area contributed by atoms with Crippen LogP contribution in [0.5, 0.6) is 0 Å². The summed E-state index contributed by atoms with van der Waals surface area (Å²) in [6, 6.07) is 9.62. The van der Waals surface area contributed by atoms with Crippen LogP contribution in [0.2, 0.25) is 5.02 Å². The van der Waals surface area contributed by atoms with Crippen molar-refractivity contribution in [3.05, 3.63) is 53.3 Å². The fourth-order valence-electron chi connectivity index (χ4n) is 4.41. The molecule has 2 N–H and O–H groups in total. The molecule has 2 fully saturated rings. The van der Waals surface area contributed by atoms with Gasteiger partial charge < -0.3 is 25.2 Å². The lowest BCUT2D eigenvalue weighted by atomic mass is 10.1. The van der Waals surface area contributed by atoms with Crippen LogP contribution >= 0.6 is 11.6 Å². The molecule has 35 heavy (non-hydrogen) atoms. The first-order chi connectivity index (χ1) is 16.9. The number of urea groups is 1. The van der Waals surface area contributed by atoms with E-state index in [4.69, 9.17) is 16.3 Å². The van der Waals surface area contributed by atoms with Crippen molar-refractivity contribution in [3.63, 3.8) is 0 Å². The van der Waals surface area contributed by atoms with Crippen LogP contribution in [0, 0.1) is 5.82 Å². The number of nitrogens with zero attached hydrogens (tertiary/aromatic N) is 2. The number of anilines is 3. The molecule has 0 aromatic heterocycles. The van der Waals surface area contributed by atoms with Crippen LogP contribution < -0.4 is 15.5 Å². The van der Waals surface area contributed by atoms with Gasteiger partial charge in [-0.3, -0.25) is 9.59 Å². The molecule has 0 radical (unpaired) electrons. The molecule has 2 saturated heterocycles. The average molecular weight is 503 g/mol. The van der Waals surface area contributed by atoms with Gasteiger partial charge in [0.15, 0.2) is 0 Å². The zero-order valence-electron chi connectivity index (χ0n) is 19.4. The minimum Gasteiger partial charge on any atom is -0.380 e. The Hall–Kier alpha value is -3.17. The van der Waals surface area contributed by atoms with Gasteiger partial charge in [0.05, 0.1) is 11.8 Å². The number of nitrogens with one attached hydrogen (secondary N) is 2. The van der Waals surface area contributed by atoms with Gasteiger partial charge in [0, 0.05) is 49.4 Å². The quantitative estimate of drug-likeness (QED) is 0.623. The highest BCUT2D eigenvalue weighted by Crippen LogP contribution is 2.27. The van der Waals surface area contributed by atoms with E-state index in [1.807, 2.05) is 0 Å². The first-order valence-corrected chi connectivity index (χ1v) is 12.0. The van der Waals surface area contributed by atoms with Gasteiger partial charge in [0.2, 0.25) is 11.8 Å². The second-order valence-corrected chi connectivity index (χ2v) is 9.14. The lowest BCUT2D eigenvalue weighted by molar-refractivity contribution is -0.120. The van der Waals surface area contributed by atoms with E-state index in [0.717, 1.165) is 19.3 Å². The number of hydrogen-bond donors (Lipinski definition) is 2. The Bertz CT molecular complexity index is 1100. The Labute approximate surface area is 208 Å². The molecule has 2 aromatic rings. The fourth-order valence-corrected chi connectivity index (χ4v) is 4.54. The number of carbonyl (C=O) groups is 3. The van der Waals surface area contributed by atoms with Crippen LogP contribution in [0.15, 0.2) is 42.5 Å². The molecule has 10 heteroatoms. The molecule has 2 heterocycles. The number of benzene rings is 2. The summed E-state index contributed by atoms with van der Waals surface area (Å²) < 4.78 is 20.3. The van der Waals surface area contributed by atoms with Gasteiger partial charge in [-0.15, -0.1) is 0 Å². The van der Waals surface area contributed by atoms with E-state index in [1.165, 1.54) is 24.1 Å². The van der Waals surface area contributed by atoms with Crippen molar-refractivity contribution in [1.82, 2.24) is 4.90 Å². The van der Waals surface area contributed by atoms with Crippen molar-refractivity contribution in [1.29, 1.82) is 0 Å². The van der Waals surface area contributed by atoms with E-state index in [9.17, 15) is 18.8 Å². The Kier molecular flexibility index (Phi) is 7.87.